The lowest BCUT2D eigenvalue weighted by molar-refractivity contribution is 0.775. The highest BCUT2D eigenvalue weighted by molar-refractivity contribution is 5.97. The molecule has 2 heteroatoms. The minimum atomic E-state index is -0.465. The summed E-state index contributed by atoms with van der Waals surface area (Å²) in [5, 5.41) is 0. The maximum absolute atomic E-state index is 4.87. The Morgan fingerprint density at radius 3 is 1.39 bits per heavy atom. The summed E-state index contributed by atoms with van der Waals surface area (Å²) in [4.78, 5) is 9.73. The van der Waals surface area contributed by atoms with Crippen molar-refractivity contribution >= 4 is 0 Å². The second kappa shape index (κ2) is 9.45. The predicted octanol–water partition coefficient (Wildman–Crippen LogP) is 10.1. The zero-order chi connectivity index (χ0) is 29.3. The molecule has 6 aromatic carbocycles. The Labute approximate surface area is 257 Å². The van der Waals surface area contributed by atoms with Gasteiger partial charge >= 0.3 is 0 Å². The molecule has 1 heterocycles. The maximum Gasteiger partial charge on any atom is 0.159 e. The minimum Gasteiger partial charge on any atom is -0.236 e. The Balaban J connectivity index is 1.33. The van der Waals surface area contributed by atoms with E-state index < -0.39 is 5.41 Å². The van der Waals surface area contributed by atoms with Crippen LogP contribution < -0.4 is 0 Å². The fraction of sp³-hybridized carbons (Fsp3) is 0.0476. The van der Waals surface area contributed by atoms with Crippen molar-refractivity contribution in [3.63, 3.8) is 0 Å². The van der Waals surface area contributed by atoms with Crippen LogP contribution in [-0.2, 0) is 5.41 Å². The lowest BCUT2D eigenvalue weighted by atomic mass is 9.66. The van der Waals surface area contributed by atoms with Gasteiger partial charge < -0.3 is 0 Å². The van der Waals surface area contributed by atoms with E-state index in [1.807, 2.05) is 12.4 Å². The predicted molar refractivity (Wildman–Crippen MR) is 179 cm³/mol. The number of nitrogens with zero attached hydrogens (tertiary/aromatic N) is 2. The van der Waals surface area contributed by atoms with E-state index in [4.69, 9.17) is 9.97 Å². The van der Waals surface area contributed by atoms with Crippen LogP contribution in [0.4, 0.5) is 0 Å². The summed E-state index contributed by atoms with van der Waals surface area (Å²) in [6.45, 7) is 2.10. The van der Waals surface area contributed by atoms with Gasteiger partial charge in [0.25, 0.3) is 0 Å². The topological polar surface area (TPSA) is 25.8 Å². The first-order valence-corrected chi connectivity index (χ1v) is 15.2. The number of hydrogen-bond donors (Lipinski definition) is 0. The van der Waals surface area contributed by atoms with Crippen molar-refractivity contribution in [2.24, 2.45) is 0 Å². The van der Waals surface area contributed by atoms with Crippen LogP contribution in [0.3, 0.4) is 0 Å². The van der Waals surface area contributed by atoms with Gasteiger partial charge in [0.15, 0.2) is 5.82 Å². The first kappa shape index (κ1) is 24.9. The summed E-state index contributed by atoms with van der Waals surface area (Å²) in [6.07, 6.45) is 3.88. The molecule has 0 amide bonds. The van der Waals surface area contributed by atoms with Crippen LogP contribution in [-0.4, -0.2) is 9.97 Å². The van der Waals surface area contributed by atoms with Gasteiger partial charge in [0.2, 0.25) is 0 Å². The number of rotatable bonds is 2. The van der Waals surface area contributed by atoms with Gasteiger partial charge in [-0.1, -0.05) is 139 Å². The number of benzene rings is 6. The molecule has 9 rings (SSSR count). The van der Waals surface area contributed by atoms with Gasteiger partial charge in [-0.2, -0.15) is 0 Å². The highest BCUT2D eigenvalue weighted by Crippen LogP contribution is 2.61. The third-order valence-electron chi connectivity index (χ3n) is 9.51. The summed E-state index contributed by atoms with van der Waals surface area (Å²) in [5.41, 5.74) is 16.7. The van der Waals surface area contributed by atoms with Crippen molar-refractivity contribution in [3.05, 3.63) is 180 Å². The van der Waals surface area contributed by atoms with E-state index in [1.165, 1.54) is 61.2 Å². The molecule has 2 aliphatic carbocycles. The summed E-state index contributed by atoms with van der Waals surface area (Å²) >= 11 is 0. The van der Waals surface area contributed by atoms with Crippen molar-refractivity contribution in [1.82, 2.24) is 9.97 Å². The van der Waals surface area contributed by atoms with Gasteiger partial charge in [-0.3, -0.25) is 0 Å². The highest BCUT2D eigenvalue weighted by atomic mass is 14.9. The van der Waals surface area contributed by atoms with Crippen molar-refractivity contribution < 1.29 is 0 Å². The van der Waals surface area contributed by atoms with E-state index in [0.29, 0.717) is 0 Å². The van der Waals surface area contributed by atoms with Crippen LogP contribution in [0.5, 0.6) is 0 Å². The fourth-order valence-electron chi connectivity index (χ4n) is 7.56. The summed E-state index contributed by atoms with van der Waals surface area (Å²) in [6, 6.07) is 51.1. The summed E-state index contributed by atoms with van der Waals surface area (Å²) in [5.74, 6) is 0.726. The molecule has 0 atom stereocenters. The Hall–Kier alpha value is -5.60. The fourth-order valence-corrected chi connectivity index (χ4v) is 7.56. The Morgan fingerprint density at radius 1 is 0.386 bits per heavy atom. The molecule has 2 aliphatic rings. The average Bonchev–Trinajstić information content (AvgIpc) is 3.33. The third kappa shape index (κ3) is 3.43. The minimum absolute atomic E-state index is 0.465. The second-order valence-electron chi connectivity index (χ2n) is 11.9. The number of fused-ring (bicyclic) bond motifs is 12. The molecule has 0 saturated heterocycles. The van der Waals surface area contributed by atoms with E-state index in [-0.39, 0.29) is 0 Å². The molecule has 0 N–H and O–H groups in total. The lowest BCUT2D eigenvalue weighted by Gasteiger charge is -2.35. The van der Waals surface area contributed by atoms with Crippen LogP contribution >= 0.6 is 0 Å². The van der Waals surface area contributed by atoms with E-state index in [9.17, 15) is 0 Å². The van der Waals surface area contributed by atoms with Crippen molar-refractivity contribution in [2.75, 3.05) is 0 Å². The molecular weight excluding hydrogens is 532 g/mol. The largest absolute Gasteiger partial charge is 0.236 e. The van der Waals surface area contributed by atoms with Gasteiger partial charge in [-0.15, -0.1) is 0 Å². The van der Waals surface area contributed by atoms with E-state index in [1.54, 1.807) is 0 Å². The van der Waals surface area contributed by atoms with Gasteiger partial charge in [0, 0.05) is 23.5 Å². The second-order valence-corrected chi connectivity index (χ2v) is 11.9. The normalized spacial score (nSPS) is 13.3. The van der Waals surface area contributed by atoms with Crippen LogP contribution in [0.2, 0.25) is 0 Å². The van der Waals surface area contributed by atoms with E-state index in [2.05, 4.69) is 146 Å². The number of hydrogen-bond acceptors (Lipinski definition) is 2. The zero-order valence-corrected chi connectivity index (χ0v) is 24.3. The molecule has 7 aromatic rings. The molecule has 2 nitrogen and oxygen atoms in total. The molecule has 0 radical (unpaired) electrons. The quantitative estimate of drug-likeness (QED) is 0.210. The van der Waals surface area contributed by atoms with Crippen LogP contribution in [0, 0.1) is 6.92 Å². The average molecular weight is 561 g/mol. The van der Waals surface area contributed by atoms with Crippen molar-refractivity contribution in [1.29, 1.82) is 0 Å². The zero-order valence-electron chi connectivity index (χ0n) is 24.3. The molecule has 0 fully saturated rings. The van der Waals surface area contributed by atoms with Crippen molar-refractivity contribution in [2.45, 2.75) is 12.3 Å². The highest BCUT2D eigenvalue weighted by Gasteiger charge is 2.49. The summed E-state index contributed by atoms with van der Waals surface area (Å²) < 4.78 is 0. The molecule has 206 valence electrons. The van der Waals surface area contributed by atoms with E-state index in [0.717, 1.165) is 22.5 Å². The molecular formula is C42H28N2. The van der Waals surface area contributed by atoms with Crippen LogP contribution in [0.15, 0.2) is 152 Å². The van der Waals surface area contributed by atoms with Gasteiger partial charge in [-0.25, -0.2) is 9.97 Å². The Morgan fingerprint density at radius 2 is 0.818 bits per heavy atom. The van der Waals surface area contributed by atoms with Crippen molar-refractivity contribution in [3.8, 4) is 55.9 Å². The lowest BCUT2D eigenvalue weighted by Crippen LogP contribution is -2.29. The van der Waals surface area contributed by atoms with E-state index >= 15 is 0 Å². The smallest absolute Gasteiger partial charge is 0.159 e. The molecule has 44 heavy (non-hydrogen) atoms. The Bertz CT molecular complexity index is 2180. The monoisotopic (exact) mass is 560 g/mol. The van der Waals surface area contributed by atoms with Gasteiger partial charge in [0.05, 0.1) is 5.41 Å². The van der Waals surface area contributed by atoms with Gasteiger partial charge in [-0.05, 0) is 74.2 Å². The molecule has 0 unspecified atom stereocenters. The molecule has 1 aromatic heterocycles. The molecule has 1 spiro atoms. The number of aryl methyl sites for hydroxylation is 1. The standard InChI is InChI=1S/C42H28N2/c1-27-18-20-28(21-19-27)30-25-43-41(44-26-30)29-22-23-40-36(24-29)32-11-3-2-10-31(32)33-12-4-7-15-37(33)42(40)38-16-8-5-13-34(38)35-14-6-9-17-39(35)42/h2-26H,1H3. The molecule has 0 saturated carbocycles. The van der Waals surface area contributed by atoms with Gasteiger partial charge in [0.1, 0.15) is 0 Å². The van der Waals surface area contributed by atoms with Crippen LogP contribution in [0.25, 0.3) is 55.9 Å². The maximum atomic E-state index is 4.87. The number of aromatic nitrogens is 2. The Kier molecular flexibility index (Phi) is 5.36. The summed E-state index contributed by atoms with van der Waals surface area (Å²) in [7, 11) is 0. The first-order valence-electron chi connectivity index (χ1n) is 15.2. The first-order chi connectivity index (χ1) is 21.7. The van der Waals surface area contributed by atoms with Crippen LogP contribution in [0.1, 0.15) is 27.8 Å². The molecule has 0 bridgehead atoms. The molecule has 0 aliphatic heterocycles. The SMILES string of the molecule is Cc1ccc(-c2cnc(-c3ccc4c(c3)-c3ccccc3-c3ccccc3C43c4ccccc4-c4ccccc43)nc2)cc1. The third-order valence-corrected chi connectivity index (χ3v) is 9.51.